The van der Waals surface area contributed by atoms with E-state index in [4.69, 9.17) is 23.9 Å². The van der Waals surface area contributed by atoms with Crippen LogP contribution in [-0.4, -0.2) is 110 Å². The number of carbonyl (C=O) groups excluding carboxylic acids is 4. The molecule has 4 amide bonds. The van der Waals surface area contributed by atoms with Crippen molar-refractivity contribution in [2.45, 2.75) is 100 Å². The summed E-state index contributed by atoms with van der Waals surface area (Å²) in [6, 6.07) is 9.44. The molecular formula is C42H48F3N5O11S. The van der Waals surface area contributed by atoms with Crippen molar-refractivity contribution in [2.24, 2.45) is 5.92 Å². The molecule has 7 rings (SSSR count). The number of nitrogens with one attached hydrogen (secondary N) is 3. The van der Waals surface area contributed by atoms with Gasteiger partial charge in [-0.25, -0.2) is 18.2 Å². The van der Waals surface area contributed by atoms with Crippen molar-refractivity contribution in [2.75, 3.05) is 26.9 Å². The molecule has 62 heavy (non-hydrogen) atoms. The summed E-state index contributed by atoms with van der Waals surface area (Å²) in [5.74, 6) is -2.74. The van der Waals surface area contributed by atoms with Gasteiger partial charge < -0.3 is 39.2 Å². The lowest BCUT2D eigenvalue weighted by Crippen LogP contribution is -2.58. The molecule has 0 radical (unpaired) electrons. The van der Waals surface area contributed by atoms with Gasteiger partial charge in [-0.15, -0.1) is 13.2 Å². The Balaban J connectivity index is 1.23. The Morgan fingerprint density at radius 3 is 2.42 bits per heavy atom. The molecule has 2 aromatic carbocycles. The van der Waals surface area contributed by atoms with Crippen LogP contribution < -0.4 is 29.6 Å². The highest BCUT2D eigenvalue weighted by molar-refractivity contribution is 7.91. The number of alkyl carbamates (subject to hydrolysis) is 1. The molecule has 2 unspecified atom stereocenters. The molecule has 3 aromatic rings. The molecule has 0 spiro atoms. The summed E-state index contributed by atoms with van der Waals surface area (Å²) in [4.78, 5) is 62.0. The van der Waals surface area contributed by atoms with Crippen LogP contribution in [0.4, 0.5) is 18.0 Å². The molecule has 334 valence electrons. The molecular weight excluding hydrogens is 840 g/mol. The summed E-state index contributed by atoms with van der Waals surface area (Å²) < 4.78 is 93.9. The van der Waals surface area contributed by atoms with E-state index in [0.717, 1.165) is 12.1 Å². The van der Waals surface area contributed by atoms with Gasteiger partial charge in [0.15, 0.2) is 0 Å². The fourth-order valence-electron chi connectivity index (χ4n) is 7.56. The normalized spacial score (nSPS) is 25.2. The summed E-state index contributed by atoms with van der Waals surface area (Å²) >= 11 is 0. The number of aromatic nitrogens is 1. The first-order valence-corrected chi connectivity index (χ1v) is 21.7. The minimum atomic E-state index is -4.89. The topological polar surface area (TPSA) is 201 Å². The molecule has 16 nitrogen and oxygen atoms in total. The molecule has 2 aliphatic carbocycles. The minimum Gasteiger partial charge on any atom is -0.497 e. The number of pyridine rings is 1. The molecule has 3 N–H and O–H groups in total. The predicted molar refractivity (Wildman–Crippen MR) is 216 cm³/mol. The van der Waals surface area contributed by atoms with E-state index in [1.165, 1.54) is 24.1 Å². The van der Waals surface area contributed by atoms with Gasteiger partial charge in [-0.1, -0.05) is 12.2 Å². The number of hydrogen-bond acceptors (Lipinski definition) is 12. The zero-order valence-corrected chi connectivity index (χ0v) is 35.3. The highest BCUT2D eigenvalue weighted by Gasteiger charge is 2.62. The lowest BCUT2D eigenvalue weighted by atomic mass is 10.1. The van der Waals surface area contributed by atoms with Crippen LogP contribution in [0.3, 0.4) is 0 Å². The van der Waals surface area contributed by atoms with Gasteiger partial charge in [0, 0.05) is 29.9 Å². The van der Waals surface area contributed by atoms with Crippen molar-refractivity contribution >= 4 is 44.6 Å². The third kappa shape index (κ3) is 10.5. The average Bonchev–Trinajstić information content (AvgIpc) is 4.12. The van der Waals surface area contributed by atoms with Gasteiger partial charge in [-0.3, -0.25) is 19.1 Å². The van der Waals surface area contributed by atoms with E-state index in [-0.39, 0.29) is 44.9 Å². The molecule has 3 heterocycles. The Kier molecular flexibility index (Phi) is 12.4. The standard InChI is InChI=1S/C42H48F3N5O11S/c1-40(2,3)61-39(54)47-32-8-6-18-58-17-5-7-26-22-41(26,38(53)49-62(55,56)30-14-15-30)48-35(51)34-21-29(23-50(34)37(32)52)59-36-31-16-13-28(57-4)19-25(31)20-33(46-36)24-9-11-27(12-10-24)60-42(43,44)45/h5,7,9-13,16,19-20,26,29-30,32,34H,6,8,14-15,17-18,21-23H2,1-4H3,(H,47,54)(H,48,51)(H,49,53)/b7-5-/t26?,29?,32-,34-,41+/m0/s1. The molecule has 1 saturated heterocycles. The number of carbonyl (C=O) groups is 4. The quantitative estimate of drug-likeness (QED) is 0.246. The number of fused-ring (bicyclic) bond motifs is 3. The summed E-state index contributed by atoms with van der Waals surface area (Å²) in [6.07, 6.45) is -2.08. The van der Waals surface area contributed by atoms with Crippen LogP contribution in [0.5, 0.6) is 17.4 Å². The first-order chi connectivity index (χ1) is 29.2. The molecule has 5 atom stereocenters. The van der Waals surface area contributed by atoms with Crippen molar-refractivity contribution in [1.82, 2.24) is 25.2 Å². The smallest absolute Gasteiger partial charge is 0.497 e. The molecule has 2 saturated carbocycles. The lowest BCUT2D eigenvalue weighted by Gasteiger charge is -2.30. The van der Waals surface area contributed by atoms with Crippen LogP contribution in [0, 0.1) is 5.92 Å². The number of nitrogens with zero attached hydrogens (tertiary/aromatic N) is 2. The lowest BCUT2D eigenvalue weighted by molar-refractivity contribution is -0.274. The van der Waals surface area contributed by atoms with Crippen LogP contribution >= 0.6 is 0 Å². The van der Waals surface area contributed by atoms with Gasteiger partial charge in [0.1, 0.15) is 40.8 Å². The fraction of sp³-hybridized carbons (Fsp3) is 0.500. The zero-order chi connectivity index (χ0) is 44.6. The van der Waals surface area contributed by atoms with Gasteiger partial charge in [0.2, 0.25) is 27.7 Å². The van der Waals surface area contributed by atoms with E-state index >= 15 is 0 Å². The number of halogens is 3. The maximum atomic E-state index is 14.6. The average molecular weight is 888 g/mol. The Hall–Kier alpha value is -5.63. The monoisotopic (exact) mass is 887 g/mol. The maximum absolute atomic E-state index is 14.6. The second-order valence-corrected chi connectivity index (χ2v) is 18.7. The van der Waals surface area contributed by atoms with Crippen LogP contribution in [-0.2, 0) is 33.9 Å². The number of hydrogen-bond donors (Lipinski definition) is 3. The SMILES string of the molecule is COc1ccc2c(OC3C[C@H]4C(=O)N[C@]5(C(=O)NS(=O)(=O)C6CC6)CC5/C=C\COCCC[C@H](NC(=O)OC(C)(C)C)C(=O)N4C3)nc(-c3ccc(OC(F)(F)F)cc3)cc2c1. The number of sulfonamides is 1. The first-order valence-electron chi connectivity index (χ1n) is 20.2. The first kappa shape index (κ1) is 44.4. The number of alkyl halides is 3. The van der Waals surface area contributed by atoms with Crippen molar-refractivity contribution in [1.29, 1.82) is 0 Å². The van der Waals surface area contributed by atoms with Crippen LogP contribution in [0.2, 0.25) is 0 Å². The van der Waals surface area contributed by atoms with E-state index in [0.29, 0.717) is 47.0 Å². The summed E-state index contributed by atoms with van der Waals surface area (Å²) in [5.41, 5.74) is -1.81. The van der Waals surface area contributed by atoms with E-state index in [2.05, 4.69) is 20.1 Å². The van der Waals surface area contributed by atoms with Crippen molar-refractivity contribution in [3.8, 4) is 28.6 Å². The Labute approximate surface area is 355 Å². The highest BCUT2D eigenvalue weighted by Crippen LogP contribution is 2.46. The second-order valence-electron chi connectivity index (χ2n) is 16.7. The Morgan fingerprint density at radius 2 is 1.74 bits per heavy atom. The molecule has 2 aliphatic heterocycles. The number of benzene rings is 2. The third-order valence-corrected chi connectivity index (χ3v) is 12.7. The minimum absolute atomic E-state index is 0.0745. The van der Waals surface area contributed by atoms with Gasteiger partial charge in [-0.2, -0.15) is 0 Å². The van der Waals surface area contributed by atoms with Crippen LogP contribution in [0.15, 0.2) is 60.7 Å². The largest absolute Gasteiger partial charge is 0.573 e. The second kappa shape index (κ2) is 17.3. The van der Waals surface area contributed by atoms with Gasteiger partial charge in [-0.05, 0) is 107 Å². The molecule has 1 aromatic heterocycles. The number of amides is 4. The van der Waals surface area contributed by atoms with Gasteiger partial charge in [0.25, 0.3) is 5.91 Å². The summed E-state index contributed by atoms with van der Waals surface area (Å²) in [7, 11) is -2.50. The number of rotatable bonds is 9. The summed E-state index contributed by atoms with van der Waals surface area (Å²) in [5, 5.41) is 5.84. The van der Waals surface area contributed by atoms with E-state index in [1.54, 1.807) is 57.2 Å². The molecule has 0 bridgehead atoms. The third-order valence-electron chi connectivity index (χ3n) is 10.8. The summed E-state index contributed by atoms with van der Waals surface area (Å²) in [6.45, 7) is 5.16. The van der Waals surface area contributed by atoms with Gasteiger partial charge in [0.05, 0.1) is 31.2 Å². The van der Waals surface area contributed by atoms with Gasteiger partial charge >= 0.3 is 12.5 Å². The van der Waals surface area contributed by atoms with Crippen molar-refractivity contribution < 1.29 is 64.5 Å². The molecule has 4 aliphatic rings. The number of methoxy groups -OCH3 is 1. The van der Waals surface area contributed by atoms with Crippen LogP contribution in [0.25, 0.3) is 22.0 Å². The number of ether oxygens (including phenoxy) is 5. The van der Waals surface area contributed by atoms with E-state index < -0.39 is 86.4 Å². The van der Waals surface area contributed by atoms with E-state index in [9.17, 15) is 40.8 Å². The van der Waals surface area contributed by atoms with E-state index in [1.807, 2.05) is 0 Å². The predicted octanol–water partition coefficient (Wildman–Crippen LogP) is 4.90. The molecule has 3 fully saturated rings. The van der Waals surface area contributed by atoms with Crippen molar-refractivity contribution in [3.05, 3.63) is 60.7 Å². The van der Waals surface area contributed by atoms with Crippen LogP contribution in [0.1, 0.15) is 59.3 Å². The molecule has 20 heteroatoms. The highest BCUT2D eigenvalue weighted by atomic mass is 32.2. The zero-order valence-electron chi connectivity index (χ0n) is 34.5. The maximum Gasteiger partial charge on any atom is 0.573 e. The fourth-order valence-corrected chi connectivity index (χ4v) is 8.93. The Morgan fingerprint density at radius 1 is 1.02 bits per heavy atom. The van der Waals surface area contributed by atoms with Crippen molar-refractivity contribution in [3.63, 3.8) is 0 Å². The Bertz CT molecular complexity index is 2350.